The highest BCUT2D eigenvalue weighted by Gasteiger charge is 2.11. The van der Waals surface area contributed by atoms with Gasteiger partial charge in [-0.1, -0.05) is 19.3 Å². The van der Waals surface area contributed by atoms with Crippen molar-refractivity contribution in [2.45, 2.75) is 45.2 Å². The first-order valence-corrected chi connectivity index (χ1v) is 7.10. The molecule has 1 aliphatic rings. The van der Waals surface area contributed by atoms with Crippen molar-refractivity contribution in [1.82, 2.24) is 14.5 Å². The van der Waals surface area contributed by atoms with Crippen LogP contribution in [0.3, 0.4) is 0 Å². The number of hydrogen-bond donors (Lipinski definition) is 0. The topological polar surface area (TPSA) is 30.3 Å². The minimum absolute atomic E-state index is 0.753. The van der Waals surface area contributed by atoms with Gasteiger partial charge in [-0.3, -0.25) is 4.90 Å². The van der Waals surface area contributed by atoms with Crippen molar-refractivity contribution < 1.29 is 4.74 Å². The molecule has 0 atom stereocenters. The molecule has 0 aromatic carbocycles. The number of likely N-dealkylation sites (tertiary alicyclic amines) is 1. The van der Waals surface area contributed by atoms with E-state index in [1.54, 1.807) is 7.11 Å². The molecule has 0 N–H and O–H groups in total. The van der Waals surface area contributed by atoms with Crippen LogP contribution in [0.4, 0.5) is 0 Å². The minimum atomic E-state index is 0.753. The SMILES string of the molecule is COCCn1cncc1CN1CCCCCCC1. The number of hydrogen-bond acceptors (Lipinski definition) is 3. The Balaban J connectivity index is 1.88. The van der Waals surface area contributed by atoms with Gasteiger partial charge in [0, 0.05) is 26.4 Å². The molecule has 0 amide bonds. The van der Waals surface area contributed by atoms with E-state index in [-0.39, 0.29) is 0 Å². The molecule has 1 fully saturated rings. The van der Waals surface area contributed by atoms with Crippen LogP contribution in [-0.2, 0) is 17.8 Å². The van der Waals surface area contributed by atoms with Crippen LogP contribution in [0.15, 0.2) is 12.5 Å². The zero-order valence-electron chi connectivity index (χ0n) is 11.5. The zero-order chi connectivity index (χ0) is 12.6. The zero-order valence-corrected chi connectivity index (χ0v) is 11.5. The van der Waals surface area contributed by atoms with E-state index >= 15 is 0 Å². The smallest absolute Gasteiger partial charge is 0.0949 e. The Morgan fingerprint density at radius 2 is 1.89 bits per heavy atom. The van der Waals surface area contributed by atoms with E-state index in [1.807, 2.05) is 12.5 Å². The summed E-state index contributed by atoms with van der Waals surface area (Å²) in [5.74, 6) is 0. The van der Waals surface area contributed by atoms with Crippen LogP contribution >= 0.6 is 0 Å². The second-order valence-corrected chi connectivity index (χ2v) is 5.12. The van der Waals surface area contributed by atoms with Gasteiger partial charge in [0.25, 0.3) is 0 Å². The molecule has 0 radical (unpaired) electrons. The lowest BCUT2D eigenvalue weighted by atomic mass is 10.1. The molecule has 2 rings (SSSR count). The number of ether oxygens (including phenoxy) is 1. The summed E-state index contributed by atoms with van der Waals surface area (Å²) in [7, 11) is 1.74. The molecule has 2 heterocycles. The highest BCUT2D eigenvalue weighted by atomic mass is 16.5. The van der Waals surface area contributed by atoms with Gasteiger partial charge in [-0.05, 0) is 25.9 Å². The molecule has 1 aliphatic heterocycles. The number of nitrogens with zero attached hydrogens (tertiary/aromatic N) is 3. The predicted molar refractivity (Wildman–Crippen MR) is 72.5 cm³/mol. The molecule has 1 aromatic rings. The monoisotopic (exact) mass is 251 g/mol. The van der Waals surface area contributed by atoms with Crippen molar-refractivity contribution in [1.29, 1.82) is 0 Å². The maximum atomic E-state index is 5.13. The molecule has 18 heavy (non-hydrogen) atoms. The first kappa shape index (κ1) is 13.6. The Morgan fingerprint density at radius 3 is 2.61 bits per heavy atom. The lowest BCUT2D eigenvalue weighted by molar-refractivity contribution is 0.183. The Kier molecular flexibility index (Phi) is 5.68. The van der Waals surface area contributed by atoms with E-state index in [0.717, 1.165) is 19.7 Å². The van der Waals surface area contributed by atoms with Crippen LogP contribution in [0.1, 0.15) is 37.8 Å². The summed E-state index contributed by atoms with van der Waals surface area (Å²) in [5.41, 5.74) is 1.31. The van der Waals surface area contributed by atoms with E-state index in [4.69, 9.17) is 4.74 Å². The van der Waals surface area contributed by atoms with Crippen LogP contribution in [0, 0.1) is 0 Å². The predicted octanol–water partition coefficient (Wildman–Crippen LogP) is 2.30. The highest BCUT2D eigenvalue weighted by Crippen LogP contribution is 2.13. The summed E-state index contributed by atoms with van der Waals surface area (Å²) in [5, 5.41) is 0. The fourth-order valence-corrected chi connectivity index (χ4v) is 2.57. The fraction of sp³-hybridized carbons (Fsp3) is 0.786. The van der Waals surface area contributed by atoms with Crippen molar-refractivity contribution in [3.8, 4) is 0 Å². The Morgan fingerprint density at radius 1 is 1.17 bits per heavy atom. The molecule has 102 valence electrons. The van der Waals surface area contributed by atoms with E-state index in [9.17, 15) is 0 Å². The third kappa shape index (κ3) is 4.10. The number of rotatable bonds is 5. The molecule has 0 spiro atoms. The highest BCUT2D eigenvalue weighted by molar-refractivity contribution is 4.98. The molecule has 0 unspecified atom stereocenters. The number of imidazole rings is 1. The summed E-state index contributed by atoms with van der Waals surface area (Å²) < 4.78 is 7.35. The van der Waals surface area contributed by atoms with Gasteiger partial charge in [0.15, 0.2) is 0 Å². The van der Waals surface area contributed by atoms with Gasteiger partial charge in [0.2, 0.25) is 0 Å². The average molecular weight is 251 g/mol. The maximum absolute atomic E-state index is 5.13. The van der Waals surface area contributed by atoms with E-state index in [2.05, 4.69) is 14.5 Å². The molecule has 0 aliphatic carbocycles. The number of aromatic nitrogens is 2. The Bertz CT molecular complexity index is 330. The van der Waals surface area contributed by atoms with Gasteiger partial charge in [-0.25, -0.2) is 4.98 Å². The average Bonchev–Trinajstić information content (AvgIpc) is 2.77. The largest absolute Gasteiger partial charge is 0.383 e. The van der Waals surface area contributed by atoms with Crippen LogP contribution in [0.25, 0.3) is 0 Å². The molecule has 1 aromatic heterocycles. The minimum Gasteiger partial charge on any atom is -0.383 e. The van der Waals surface area contributed by atoms with Crippen molar-refractivity contribution in [2.24, 2.45) is 0 Å². The fourth-order valence-electron chi connectivity index (χ4n) is 2.57. The molecule has 4 nitrogen and oxygen atoms in total. The van der Waals surface area contributed by atoms with Crippen molar-refractivity contribution in [3.05, 3.63) is 18.2 Å². The summed E-state index contributed by atoms with van der Waals surface area (Å²) in [6.45, 7) is 5.15. The second-order valence-electron chi connectivity index (χ2n) is 5.12. The van der Waals surface area contributed by atoms with Crippen molar-refractivity contribution in [3.63, 3.8) is 0 Å². The standard InChI is InChI=1S/C14H25N3O/c1-18-10-9-17-13-15-11-14(17)12-16-7-5-3-2-4-6-8-16/h11,13H,2-10,12H2,1H3. The second kappa shape index (κ2) is 7.54. The summed E-state index contributed by atoms with van der Waals surface area (Å²) in [6.07, 6.45) is 10.8. The van der Waals surface area contributed by atoms with Gasteiger partial charge in [-0.15, -0.1) is 0 Å². The van der Waals surface area contributed by atoms with Gasteiger partial charge < -0.3 is 9.30 Å². The van der Waals surface area contributed by atoms with Crippen LogP contribution < -0.4 is 0 Å². The molecule has 0 bridgehead atoms. The maximum Gasteiger partial charge on any atom is 0.0949 e. The van der Waals surface area contributed by atoms with Gasteiger partial charge in [0.1, 0.15) is 0 Å². The summed E-state index contributed by atoms with van der Waals surface area (Å²) in [4.78, 5) is 6.83. The lowest BCUT2D eigenvalue weighted by Gasteiger charge is -2.24. The Labute approximate surface area is 110 Å². The first-order chi connectivity index (χ1) is 8.90. The van der Waals surface area contributed by atoms with Crippen LogP contribution in [0.2, 0.25) is 0 Å². The van der Waals surface area contributed by atoms with Gasteiger partial charge >= 0.3 is 0 Å². The summed E-state index contributed by atoms with van der Waals surface area (Å²) in [6, 6.07) is 0. The van der Waals surface area contributed by atoms with Gasteiger partial charge in [-0.2, -0.15) is 0 Å². The molecular formula is C14H25N3O. The summed E-state index contributed by atoms with van der Waals surface area (Å²) >= 11 is 0. The quantitative estimate of drug-likeness (QED) is 0.804. The van der Waals surface area contributed by atoms with E-state index < -0.39 is 0 Å². The normalized spacial score (nSPS) is 18.5. The van der Waals surface area contributed by atoms with Crippen molar-refractivity contribution >= 4 is 0 Å². The molecule has 0 saturated carbocycles. The number of methoxy groups -OCH3 is 1. The van der Waals surface area contributed by atoms with Gasteiger partial charge in [0.05, 0.1) is 18.6 Å². The van der Waals surface area contributed by atoms with Crippen LogP contribution in [-0.4, -0.2) is 41.3 Å². The third-order valence-corrected chi connectivity index (χ3v) is 3.67. The van der Waals surface area contributed by atoms with E-state index in [0.29, 0.717) is 0 Å². The van der Waals surface area contributed by atoms with Crippen molar-refractivity contribution in [2.75, 3.05) is 26.8 Å². The molecule has 4 heteroatoms. The first-order valence-electron chi connectivity index (χ1n) is 7.10. The molecular weight excluding hydrogens is 226 g/mol. The third-order valence-electron chi connectivity index (χ3n) is 3.67. The molecule has 1 saturated heterocycles. The lowest BCUT2D eigenvalue weighted by Crippen LogP contribution is -2.28. The Hall–Kier alpha value is -0.870. The van der Waals surface area contributed by atoms with Crippen LogP contribution in [0.5, 0.6) is 0 Å². The van der Waals surface area contributed by atoms with E-state index in [1.165, 1.54) is 50.9 Å².